The molecule has 0 unspecified atom stereocenters. The van der Waals surface area contributed by atoms with Crippen LogP contribution in [0.1, 0.15) is 11.1 Å². The summed E-state index contributed by atoms with van der Waals surface area (Å²) in [7, 11) is 1.54. The molecule has 0 fully saturated rings. The molecule has 1 aliphatic heterocycles. The molecule has 4 nitrogen and oxygen atoms in total. The van der Waals surface area contributed by atoms with Crippen molar-refractivity contribution < 1.29 is 19.3 Å². The van der Waals surface area contributed by atoms with E-state index < -0.39 is 5.82 Å². The minimum Gasteiger partial charge on any atom is -0.507 e. The molecule has 2 aromatic rings. The van der Waals surface area contributed by atoms with Gasteiger partial charge in [-0.3, -0.25) is 0 Å². The minimum absolute atomic E-state index is 0.137. The number of phenols is 2. The summed E-state index contributed by atoms with van der Waals surface area (Å²) in [5.41, 5.74) is 2.21. The molecular formula is C16H14FNO3. The molecule has 0 saturated heterocycles. The Bertz CT molecular complexity index is 728. The highest BCUT2D eigenvalue weighted by atomic mass is 19.1. The fourth-order valence-corrected chi connectivity index (χ4v) is 2.34. The largest absolute Gasteiger partial charge is 0.507 e. The van der Waals surface area contributed by atoms with Crippen LogP contribution >= 0.6 is 0 Å². The predicted molar refractivity (Wildman–Crippen MR) is 77.9 cm³/mol. The van der Waals surface area contributed by atoms with Gasteiger partial charge in [0.15, 0.2) is 11.6 Å². The number of anilines is 1. The summed E-state index contributed by atoms with van der Waals surface area (Å²) < 4.78 is 18.6. The van der Waals surface area contributed by atoms with E-state index in [9.17, 15) is 14.6 Å². The van der Waals surface area contributed by atoms with Gasteiger partial charge in [0.2, 0.25) is 0 Å². The number of aromatic hydroxyl groups is 2. The highest BCUT2D eigenvalue weighted by molar-refractivity contribution is 5.68. The molecule has 0 bridgehead atoms. The van der Waals surface area contributed by atoms with Crippen molar-refractivity contribution in [2.75, 3.05) is 12.0 Å². The van der Waals surface area contributed by atoms with Gasteiger partial charge in [-0.25, -0.2) is 4.39 Å². The van der Waals surface area contributed by atoms with E-state index in [1.165, 1.54) is 12.1 Å². The Kier molecular flexibility index (Phi) is 3.17. The van der Waals surface area contributed by atoms with E-state index in [1.54, 1.807) is 30.3 Å². The molecule has 2 aromatic carbocycles. The minimum atomic E-state index is -0.675. The summed E-state index contributed by atoms with van der Waals surface area (Å²) in [6.07, 6.45) is 3.62. The van der Waals surface area contributed by atoms with E-state index in [4.69, 9.17) is 4.74 Å². The Morgan fingerprint density at radius 1 is 1.14 bits per heavy atom. The van der Waals surface area contributed by atoms with E-state index in [2.05, 4.69) is 0 Å². The summed E-state index contributed by atoms with van der Waals surface area (Å²) in [4.78, 5) is 1.79. The Hall–Kier alpha value is -2.69. The number of hydrogen-bond donors (Lipinski definition) is 2. The number of hydrogen-bond acceptors (Lipinski definition) is 4. The third kappa shape index (κ3) is 2.38. The van der Waals surface area contributed by atoms with Gasteiger partial charge >= 0.3 is 0 Å². The van der Waals surface area contributed by atoms with Crippen molar-refractivity contribution in [1.82, 2.24) is 0 Å². The number of nitrogens with zero attached hydrogens (tertiary/aromatic N) is 1. The maximum atomic E-state index is 13.4. The van der Waals surface area contributed by atoms with Gasteiger partial charge < -0.3 is 19.8 Å². The second-order valence-electron chi connectivity index (χ2n) is 4.79. The van der Waals surface area contributed by atoms with Crippen LogP contribution in [0.2, 0.25) is 0 Å². The van der Waals surface area contributed by atoms with Crippen LogP contribution in [-0.4, -0.2) is 17.3 Å². The number of halogens is 1. The van der Waals surface area contributed by atoms with Gasteiger partial charge in [0, 0.05) is 29.6 Å². The van der Waals surface area contributed by atoms with E-state index >= 15 is 0 Å². The Morgan fingerprint density at radius 3 is 2.67 bits per heavy atom. The second-order valence-corrected chi connectivity index (χ2v) is 4.79. The van der Waals surface area contributed by atoms with Gasteiger partial charge in [-0.2, -0.15) is 0 Å². The average molecular weight is 287 g/mol. The van der Waals surface area contributed by atoms with Crippen molar-refractivity contribution in [2.45, 2.75) is 6.54 Å². The summed E-state index contributed by atoms with van der Waals surface area (Å²) in [6, 6.07) is 7.56. The lowest BCUT2D eigenvalue weighted by atomic mass is 10.0. The standard InChI is InChI=1S/C16H14FNO3/c1-21-12-6-10-4-5-18(9-13(10)16(20)8-12)11-2-3-15(19)14(17)7-11/h2-8,19-20H,9H2,1H3. The third-order valence-electron chi connectivity index (χ3n) is 3.50. The van der Waals surface area contributed by atoms with Gasteiger partial charge in [-0.1, -0.05) is 0 Å². The highest BCUT2D eigenvalue weighted by Gasteiger charge is 2.17. The van der Waals surface area contributed by atoms with E-state index in [0.717, 1.165) is 11.1 Å². The molecule has 0 saturated carbocycles. The quantitative estimate of drug-likeness (QED) is 0.890. The maximum Gasteiger partial charge on any atom is 0.166 e. The summed E-state index contributed by atoms with van der Waals surface area (Å²) in [5, 5.41) is 19.3. The van der Waals surface area contributed by atoms with Crippen LogP contribution in [0.15, 0.2) is 36.5 Å². The lowest BCUT2D eigenvalue weighted by molar-refractivity contribution is 0.406. The molecule has 1 aliphatic rings. The van der Waals surface area contributed by atoms with Crippen LogP contribution in [-0.2, 0) is 6.54 Å². The lowest BCUT2D eigenvalue weighted by Gasteiger charge is -2.26. The van der Waals surface area contributed by atoms with Crippen LogP contribution in [0, 0.1) is 5.82 Å². The number of rotatable bonds is 2. The SMILES string of the molecule is COc1cc(O)c2c(c1)C=CN(c1ccc(O)c(F)c1)C2. The first-order chi connectivity index (χ1) is 10.1. The first-order valence-electron chi connectivity index (χ1n) is 6.41. The van der Waals surface area contributed by atoms with Crippen molar-refractivity contribution >= 4 is 11.8 Å². The van der Waals surface area contributed by atoms with Crippen molar-refractivity contribution in [3.63, 3.8) is 0 Å². The molecule has 5 heteroatoms. The van der Waals surface area contributed by atoms with Crippen molar-refractivity contribution in [3.05, 3.63) is 53.5 Å². The molecule has 21 heavy (non-hydrogen) atoms. The zero-order valence-electron chi connectivity index (χ0n) is 11.4. The first kappa shape index (κ1) is 13.3. The van der Waals surface area contributed by atoms with Gasteiger partial charge in [-0.05, 0) is 29.8 Å². The number of benzene rings is 2. The number of methoxy groups -OCH3 is 1. The van der Waals surface area contributed by atoms with E-state index in [1.807, 2.05) is 12.1 Å². The molecule has 0 radical (unpaired) electrons. The van der Waals surface area contributed by atoms with Crippen molar-refractivity contribution in [3.8, 4) is 17.2 Å². The zero-order chi connectivity index (χ0) is 15.0. The van der Waals surface area contributed by atoms with E-state index in [-0.39, 0.29) is 11.5 Å². The fraction of sp³-hybridized carbons (Fsp3) is 0.125. The average Bonchev–Trinajstić information content (AvgIpc) is 2.49. The molecule has 1 heterocycles. The number of ether oxygens (including phenoxy) is 1. The highest BCUT2D eigenvalue weighted by Crippen LogP contribution is 2.34. The normalized spacial score (nSPS) is 13.1. The molecule has 3 rings (SSSR count). The van der Waals surface area contributed by atoms with Crippen molar-refractivity contribution in [2.24, 2.45) is 0 Å². The predicted octanol–water partition coefficient (Wildman–Crippen LogP) is 3.24. The first-order valence-corrected chi connectivity index (χ1v) is 6.41. The monoisotopic (exact) mass is 287 g/mol. The molecule has 0 amide bonds. The van der Waals surface area contributed by atoms with Gasteiger partial charge in [-0.15, -0.1) is 0 Å². The van der Waals surface area contributed by atoms with Gasteiger partial charge in [0.25, 0.3) is 0 Å². The summed E-state index contributed by atoms with van der Waals surface area (Å²) >= 11 is 0. The van der Waals surface area contributed by atoms with Crippen LogP contribution in [0.25, 0.3) is 6.08 Å². The molecule has 0 aromatic heterocycles. The molecular weight excluding hydrogens is 273 g/mol. The molecule has 108 valence electrons. The molecule has 2 N–H and O–H groups in total. The topological polar surface area (TPSA) is 52.9 Å². The number of phenolic OH excluding ortho intramolecular Hbond substituents is 2. The van der Waals surface area contributed by atoms with Crippen LogP contribution in [0.3, 0.4) is 0 Å². The zero-order valence-corrected chi connectivity index (χ0v) is 11.4. The lowest BCUT2D eigenvalue weighted by Crippen LogP contribution is -2.19. The van der Waals surface area contributed by atoms with Gasteiger partial charge in [0.1, 0.15) is 11.5 Å². The molecule has 0 spiro atoms. The van der Waals surface area contributed by atoms with Gasteiger partial charge in [0.05, 0.1) is 13.7 Å². The third-order valence-corrected chi connectivity index (χ3v) is 3.50. The Morgan fingerprint density at radius 2 is 1.95 bits per heavy atom. The second kappa shape index (κ2) is 5.01. The van der Waals surface area contributed by atoms with E-state index in [0.29, 0.717) is 18.0 Å². The Balaban J connectivity index is 1.96. The molecule has 0 aliphatic carbocycles. The molecule has 0 atom stereocenters. The van der Waals surface area contributed by atoms with Crippen LogP contribution in [0.5, 0.6) is 17.2 Å². The van der Waals surface area contributed by atoms with Crippen molar-refractivity contribution in [1.29, 1.82) is 0 Å². The number of fused-ring (bicyclic) bond motifs is 1. The maximum absolute atomic E-state index is 13.4. The smallest absolute Gasteiger partial charge is 0.166 e. The van der Waals surface area contributed by atoms with Crippen LogP contribution in [0.4, 0.5) is 10.1 Å². The summed E-state index contributed by atoms with van der Waals surface area (Å²) in [5.74, 6) is -0.337. The Labute approximate surface area is 121 Å². The summed E-state index contributed by atoms with van der Waals surface area (Å²) in [6.45, 7) is 0.409. The fourth-order valence-electron chi connectivity index (χ4n) is 2.34. The van der Waals surface area contributed by atoms with Crippen LogP contribution < -0.4 is 9.64 Å².